The van der Waals surface area contributed by atoms with E-state index in [4.69, 9.17) is 10.8 Å². The van der Waals surface area contributed by atoms with Crippen LogP contribution >= 0.6 is 11.8 Å². The maximum Gasteiger partial charge on any atom is 0.367 e. The minimum absolute atomic E-state index is 0.268. The number of carbonyl (C=O) groups excluding carboxylic acids is 1. The first-order valence-corrected chi connectivity index (χ1v) is 4.97. The zero-order valence-electron chi connectivity index (χ0n) is 8.44. The Balaban J connectivity index is 4.32. The average Bonchev–Trinajstić information content (AvgIpc) is 2.02. The zero-order chi connectivity index (χ0) is 11.4. The van der Waals surface area contributed by atoms with Gasteiger partial charge in [0.25, 0.3) is 0 Å². The van der Waals surface area contributed by atoms with E-state index in [0.29, 0.717) is 0 Å². The number of carboxylic acid groups (broad SMARTS) is 1. The van der Waals surface area contributed by atoms with Crippen molar-refractivity contribution < 1.29 is 19.4 Å². The van der Waals surface area contributed by atoms with Crippen molar-refractivity contribution in [2.75, 3.05) is 6.61 Å². The molecule has 0 aromatic rings. The minimum Gasteiger partial charge on any atom is -0.480 e. The van der Waals surface area contributed by atoms with Crippen LogP contribution in [0.4, 0.5) is 4.79 Å². The Hall–Kier alpha value is -0.750. The van der Waals surface area contributed by atoms with Crippen LogP contribution in [0.5, 0.6) is 0 Å². The second-order valence-corrected chi connectivity index (χ2v) is 4.79. The third kappa shape index (κ3) is 3.97. The van der Waals surface area contributed by atoms with Gasteiger partial charge in [0, 0.05) is 4.75 Å². The summed E-state index contributed by atoms with van der Waals surface area (Å²) in [6.07, 6.45) is 0. The van der Waals surface area contributed by atoms with Gasteiger partial charge in [0.05, 0.1) is 6.61 Å². The van der Waals surface area contributed by atoms with Crippen molar-refractivity contribution in [1.29, 1.82) is 0 Å². The van der Waals surface area contributed by atoms with Gasteiger partial charge in [0.1, 0.15) is 6.04 Å². The number of rotatable bonds is 4. The van der Waals surface area contributed by atoms with Gasteiger partial charge >= 0.3 is 11.3 Å². The van der Waals surface area contributed by atoms with Gasteiger partial charge in [0.2, 0.25) is 0 Å². The number of nitrogens with two attached hydrogens (primary N) is 1. The average molecular weight is 221 g/mol. The number of thioether (sulfide) groups is 1. The Morgan fingerprint density at radius 1 is 1.57 bits per heavy atom. The van der Waals surface area contributed by atoms with Gasteiger partial charge in [-0.2, -0.15) is 0 Å². The predicted octanol–water partition coefficient (Wildman–Crippen LogP) is 1.07. The van der Waals surface area contributed by atoms with Gasteiger partial charge in [-0.3, -0.25) is 4.79 Å². The molecule has 0 aromatic heterocycles. The smallest absolute Gasteiger partial charge is 0.367 e. The van der Waals surface area contributed by atoms with Crippen LogP contribution < -0.4 is 5.73 Å². The highest BCUT2D eigenvalue weighted by Crippen LogP contribution is 2.28. The van der Waals surface area contributed by atoms with Crippen molar-refractivity contribution in [1.82, 2.24) is 0 Å². The van der Waals surface area contributed by atoms with E-state index in [-0.39, 0.29) is 6.61 Å². The number of carbonyl (C=O) groups is 2. The third-order valence-electron chi connectivity index (χ3n) is 1.62. The number of carboxylic acids is 1. The molecule has 0 radical (unpaired) electrons. The highest BCUT2D eigenvalue weighted by Gasteiger charge is 2.35. The quantitative estimate of drug-likeness (QED) is 0.690. The Morgan fingerprint density at radius 3 is 2.43 bits per heavy atom. The second kappa shape index (κ2) is 5.21. The first-order valence-electron chi connectivity index (χ1n) is 4.15. The summed E-state index contributed by atoms with van der Waals surface area (Å²) in [5, 5.41) is 8.16. The lowest BCUT2D eigenvalue weighted by Crippen LogP contribution is -2.47. The maximum absolute atomic E-state index is 11.1. The highest BCUT2D eigenvalue weighted by atomic mass is 32.2. The van der Waals surface area contributed by atoms with Crippen LogP contribution in [0.15, 0.2) is 0 Å². The number of hydrogen-bond acceptors (Lipinski definition) is 5. The summed E-state index contributed by atoms with van der Waals surface area (Å²) in [5.74, 6) is -1.13. The molecule has 82 valence electrons. The summed E-state index contributed by atoms with van der Waals surface area (Å²) in [6.45, 7) is 5.13. The van der Waals surface area contributed by atoms with Gasteiger partial charge in [-0.05, 0) is 32.5 Å². The van der Waals surface area contributed by atoms with E-state index in [1.54, 1.807) is 20.8 Å². The number of hydrogen-bond donors (Lipinski definition) is 2. The van der Waals surface area contributed by atoms with Crippen molar-refractivity contribution in [2.24, 2.45) is 5.73 Å². The molecular weight excluding hydrogens is 206 g/mol. The molecule has 0 bridgehead atoms. The fourth-order valence-corrected chi connectivity index (χ4v) is 1.56. The van der Waals surface area contributed by atoms with Crippen LogP contribution in [0.2, 0.25) is 0 Å². The first kappa shape index (κ1) is 13.2. The van der Waals surface area contributed by atoms with Crippen molar-refractivity contribution in [3.8, 4) is 0 Å². The van der Waals surface area contributed by atoms with Gasteiger partial charge < -0.3 is 15.6 Å². The lowest BCUT2D eigenvalue weighted by Gasteiger charge is -2.26. The topological polar surface area (TPSA) is 89.6 Å². The monoisotopic (exact) mass is 221 g/mol. The fraction of sp³-hybridized carbons (Fsp3) is 0.750. The molecule has 0 amide bonds. The third-order valence-corrected chi connectivity index (χ3v) is 2.69. The normalized spacial score (nSPS) is 13.4. The molecule has 0 heterocycles. The molecule has 0 aliphatic carbocycles. The standard InChI is InChI=1S/C8H15NO4S/c1-4-13-7(12)14-8(2,3)5(9)6(10)11/h5H,4,9H2,1-3H3,(H,10,11)/t5-/m0/s1. The summed E-state index contributed by atoms with van der Waals surface area (Å²) in [7, 11) is 0. The van der Waals surface area contributed by atoms with E-state index in [9.17, 15) is 9.59 Å². The molecule has 0 saturated heterocycles. The van der Waals surface area contributed by atoms with E-state index in [0.717, 1.165) is 11.8 Å². The van der Waals surface area contributed by atoms with E-state index >= 15 is 0 Å². The number of aliphatic carboxylic acids is 1. The molecule has 6 heteroatoms. The lowest BCUT2D eigenvalue weighted by molar-refractivity contribution is -0.139. The largest absolute Gasteiger partial charge is 0.480 e. The molecule has 0 fully saturated rings. The summed E-state index contributed by atoms with van der Waals surface area (Å²) in [4.78, 5) is 21.7. The van der Waals surface area contributed by atoms with Crippen LogP contribution in [0, 0.1) is 0 Å². The van der Waals surface area contributed by atoms with Crippen LogP contribution in [0.3, 0.4) is 0 Å². The fourth-order valence-electron chi connectivity index (χ4n) is 0.723. The van der Waals surface area contributed by atoms with E-state index in [1.165, 1.54) is 0 Å². The predicted molar refractivity (Wildman–Crippen MR) is 54.3 cm³/mol. The summed E-state index contributed by atoms with van der Waals surface area (Å²) in [6, 6.07) is -1.10. The number of ether oxygens (including phenoxy) is 1. The SMILES string of the molecule is CCOC(=O)SC(C)(C)[C@@H](N)C(=O)O. The van der Waals surface area contributed by atoms with Crippen molar-refractivity contribution >= 4 is 23.0 Å². The molecule has 0 saturated carbocycles. The summed E-state index contributed by atoms with van der Waals surface area (Å²) < 4.78 is 3.81. The summed E-state index contributed by atoms with van der Waals surface area (Å²) in [5.41, 5.74) is 5.41. The lowest BCUT2D eigenvalue weighted by atomic mass is 10.1. The molecule has 0 aromatic carbocycles. The molecule has 0 aliphatic rings. The second-order valence-electron chi connectivity index (χ2n) is 3.20. The molecular formula is C8H15NO4S. The minimum atomic E-state index is -1.13. The molecule has 5 nitrogen and oxygen atoms in total. The Bertz CT molecular complexity index is 229. The first-order chi connectivity index (χ1) is 6.31. The Morgan fingerprint density at radius 2 is 2.07 bits per heavy atom. The van der Waals surface area contributed by atoms with Crippen LogP contribution in [-0.2, 0) is 9.53 Å². The molecule has 3 N–H and O–H groups in total. The van der Waals surface area contributed by atoms with Crippen LogP contribution in [-0.4, -0.2) is 33.8 Å². The summed E-state index contributed by atoms with van der Waals surface area (Å²) >= 11 is 0.796. The molecule has 0 spiro atoms. The Kier molecular flexibility index (Phi) is 4.93. The molecule has 14 heavy (non-hydrogen) atoms. The van der Waals surface area contributed by atoms with Gasteiger partial charge in [-0.1, -0.05) is 0 Å². The van der Waals surface area contributed by atoms with E-state index < -0.39 is 22.1 Å². The molecule has 0 rings (SSSR count). The van der Waals surface area contributed by atoms with Crippen molar-refractivity contribution in [3.05, 3.63) is 0 Å². The van der Waals surface area contributed by atoms with Gasteiger partial charge in [0.15, 0.2) is 0 Å². The van der Waals surface area contributed by atoms with Gasteiger partial charge in [-0.15, -0.1) is 0 Å². The Labute approximate surface area is 87.0 Å². The molecule has 1 atom stereocenters. The van der Waals surface area contributed by atoms with Crippen LogP contribution in [0.1, 0.15) is 20.8 Å². The van der Waals surface area contributed by atoms with Crippen molar-refractivity contribution in [3.63, 3.8) is 0 Å². The van der Waals surface area contributed by atoms with E-state index in [2.05, 4.69) is 4.74 Å². The molecule has 0 aliphatic heterocycles. The van der Waals surface area contributed by atoms with Gasteiger partial charge in [-0.25, -0.2) is 4.79 Å². The highest BCUT2D eigenvalue weighted by molar-refractivity contribution is 8.14. The van der Waals surface area contributed by atoms with Crippen molar-refractivity contribution in [2.45, 2.75) is 31.6 Å². The zero-order valence-corrected chi connectivity index (χ0v) is 9.26. The molecule has 0 unspecified atom stereocenters. The maximum atomic E-state index is 11.1. The van der Waals surface area contributed by atoms with Crippen LogP contribution in [0.25, 0.3) is 0 Å². The van der Waals surface area contributed by atoms with E-state index in [1.807, 2.05) is 0 Å².